The van der Waals surface area contributed by atoms with Gasteiger partial charge in [-0.3, -0.25) is 10.1 Å². The second-order valence-corrected chi connectivity index (χ2v) is 6.08. The quantitative estimate of drug-likeness (QED) is 0.532. The van der Waals surface area contributed by atoms with Crippen LogP contribution in [-0.2, 0) is 4.79 Å². The monoisotopic (exact) mass is 368 g/mol. The Morgan fingerprint density at radius 2 is 1.56 bits per heavy atom. The summed E-state index contributed by atoms with van der Waals surface area (Å²) < 4.78 is 0. The van der Waals surface area contributed by atoms with Gasteiger partial charge in [-0.1, -0.05) is 36.4 Å². The second-order valence-electron chi connectivity index (χ2n) is 6.08. The highest BCUT2D eigenvalue weighted by atomic mass is 16.6. The molecular weight excluding hydrogens is 348 g/mol. The fourth-order valence-electron chi connectivity index (χ4n) is 2.44. The number of aliphatic hydroxyl groups excluding tert-OH is 1. The van der Waals surface area contributed by atoms with Crippen molar-refractivity contribution in [3.05, 3.63) is 88.0 Å². The molecule has 7 nitrogen and oxygen atoms in total. The number of hydrogen-bond donors (Lipinski definition) is 2. The first-order valence-electron chi connectivity index (χ1n) is 8.24. The predicted molar refractivity (Wildman–Crippen MR) is 98.3 cm³/mol. The molecule has 0 fully saturated rings. The summed E-state index contributed by atoms with van der Waals surface area (Å²) in [5.41, 5.74) is 5.29. The summed E-state index contributed by atoms with van der Waals surface area (Å²) in [6.45, 7) is 1.95. The number of carbonyl (C=O) groups excluding carboxylic acids is 1. The van der Waals surface area contributed by atoms with Crippen molar-refractivity contribution in [2.75, 3.05) is 0 Å². The van der Waals surface area contributed by atoms with Gasteiger partial charge in [-0.2, -0.15) is 0 Å². The number of rotatable bonds is 4. The maximum Gasteiger partial charge on any atom is 0.269 e. The van der Waals surface area contributed by atoms with Crippen LogP contribution in [0.5, 0.6) is 0 Å². The van der Waals surface area contributed by atoms with E-state index in [0.717, 1.165) is 16.3 Å². The molecule has 7 heteroatoms. The third-order valence-corrected chi connectivity index (χ3v) is 3.99. The molecule has 0 saturated carbocycles. The van der Waals surface area contributed by atoms with Gasteiger partial charge in [-0.25, -0.2) is 0 Å². The molecule has 27 heavy (non-hydrogen) atoms. The Balaban J connectivity index is 0.000000199. The van der Waals surface area contributed by atoms with Crippen LogP contribution in [0.1, 0.15) is 30.2 Å². The number of aliphatic carboxylic acids is 1. The number of carbonyl (C=O) groups is 1. The van der Waals surface area contributed by atoms with E-state index in [9.17, 15) is 25.1 Å². The summed E-state index contributed by atoms with van der Waals surface area (Å²) >= 11 is 0. The number of hydrogen-bond acceptors (Lipinski definition) is 5. The third-order valence-electron chi connectivity index (χ3n) is 3.99. The molecule has 2 atom stereocenters. The number of benzene rings is 3. The fourth-order valence-corrected chi connectivity index (χ4v) is 2.44. The molecule has 0 bridgehead atoms. The van der Waals surface area contributed by atoms with Crippen molar-refractivity contribution in [1.82, 2.24) is 0 Å². The number of fused-ring (bicyclic) bond motifs is 1. The first kappa shape index (κ1) is 20.0. The van der Waals surface area contributed by atoms with Crippen LogP contribution in [0.4, 0.5) is 5.69 Å². The number of nitro groups is 1. The second kappa shape index (κ2) is 8.88. The van der Waals surface area contributed by atoms with Gasteiger partial charge < -0.3 is 20.7 Å². The zero-order valence-corrected chi connectivity index (χ0v) is 14.7. The van der Waals surface area contributed by atoms with Crippen LogP contribution in [-0.4, -0.2) is 16.0 Å². The number of aliphatic hydroxyl groups is 1. The van der Waals surface area contributed by atoms with Gasteiger partial charge in [0.1, 0.15) is 12.1 Å². The molecule has 140 valence electrons. The number of carboxylic acid groups (broad SMARTS) is 1. The molecule has 3 aromatic rings. The number of nitro benzene ring substituents is 1. The van der Waals surface area contributed by atoms with Crippen molar-refractivity contribution in [1.29, 1.82) is 0 Å². The molecule has 3 rings (SSSR count). The Morgan fingerprint density at radius 3 is 2.07 bits per heavy atom. The lowest BCUT2D eigenvalue weighted by molar-refractivity contribution is -0.420. The molecule has 0 aliphatic rings. The molecule has 1 unspecified atom stereocenters. The summed E-state index contributed by atoms with van der Waals surface area (Å²) in [6, 6.07) is 19.2. The highest BCUT2D eigenvalue weighted by molar-refractivity contribution is 5.84. The topological polar surface area (TPSA) is 131 Å². The van der Waals surface area contributed by atoms with Gasteiger partial charge in [0.15, 0.2) is 0 Å². The number of nitrogens with zero attached hydrogens (tertiary/aromatic N) is 1. The molecule has 3 aromatic carbocycles. The van der Waals surface area contributed by atoms with Crippen LogP contribution < -0.4 is 10.8 Å². The van der Waals surface area contributed by atoms with Gasteiger partial charge in [0, 0.05) is 17.7 Å². The SMILES string of the molecule is CC([NH3+])c1ccc([N+](=O)[O-])cc1.O=C([O-])[C@@H](O)c1ccc2ccccc2c1. The zero-order chi connectivity index (χ0) is 20.0. The van der Waals surface area contributed by atoms with Crippen molar-refractivity contribution in [2.45, 2.75) is 19.1 Å². The maximum absolute atomic E-state index is 10.5. The number of quaternary nitrogens is 1. The summed E-state index contributed by atoms with van der Waals surface area (Å²) in [5, 5.41) is 31.9. The van der Waals surface area contributed by atoms with E-state index in [4.69, 9.17) is 0 Å². The van der Waals surface area contributed by atoms with Gasteiger partial charge in [-0.05, 0) is 41.5 Å². The third kappa shape index (κ3) is 5.34. The van der Waals surface area contributed by atoms with E-state index in [0.29, 0.717) is 5.56 Å². The lowest BCUT2D eigenvalue weighted by Gasteiger charge is -2.12. The molecule has 0 amide bonds. The average molecular weight is 368 g/mol. The summed E-state index contributed by atoms with van der Waals surface area (Å²) in [7, 11) is 0. The lowest BCUT2D eigenvalue weighted by atomic mass is 10.0. The minimum Gasteiger partial charge on any atom is -0.547 e. The van der Waals surface area contributed by atoms with Crippen molar-refractivity contribution >= 4 is 22.4 Å². The molecule has 0 aliphatic heterocycles. The Bertz CT molecular complexity index is 939. The van der Waals surface area contributed by atoms with E-state index in [2.05, 4.69) is 5.73 Å². The smallest absolute Gasteiger partial charge is 0.269 e. The van der Waals surface area contributed by atoms with Gasteiger partial charge in [0.2, 0.25) is 0 Å². The van der Waals surface area contributed by atoms with E-state index in [-0.39, 0.29) is 11.7 Å². The molecule has 0 aromatic heterocycles. The van der Waals surface area contributed by atoms with E-state index < -0.39 is 17.0 Å². The Kier molecular flexibility index (Phi) is 6.59. The molecule has 0 spiro atoms. The minimum atomic E-state index is -1.56. The van der Waals surface area contributed by atoms with Crippen LogP contribution in [0.15, 0.2) is 66.7 Å². The minimum absolute atomic E-state index is 0.124. The van der Waals surface area contributed by atoms with Crippen molar-refractivity contribution < 1.29 is 25.7 Å². The average Bonchev–Trinajstić information content (AvgIpc) is 2.67. The first-order valence-corrected chi connectivity index (χ1v) is 8.24. The first-order chi connectivity index (χ1) is 12.8. The molecule has 4 N–H and O–H groups in total. The van der Waals surface area contributed by atoms with Gasteiger partial charge >= 0.3 is 0 Å². The van der Waals surface area contributed by atoms with E-state index >= 15 is 0 Å². The van der Waals surface area contributed by atoms with Gasteiger partial charge in [-0.15, -0.1) is 0 Å². The molecule has 0 radical (unpaired) electrons. The molecule has 0 heterocycles. The zero-order valence-electron chi connectivity index (χ0n) is 14.7. The standard InChI is InChI=1S/C12H10O3.C8H10N2O2/c13-11(12(14)15)10-6-5-8-3-1-2-4-9(8)7-10;1-6(9)7-2-4-8(5-3-7)10(11)12/h1-7,11,13H,(H,14,15);2-6H,9H2,1H3/t11-;/m0./s1. The van der Waals surface area contributed by atoms with Gasteiger partial charge in [0.25, 0.3) is 5.69 Å². The van der Waals surface area contributed by atoms with Crippen LogP contribution >= 0.6 is 0 Å². The number of carboxylic acids is 1. The van der Waals surface area contributed by atoms with E-state index in [1.807, 2.05) is 31.2 Å². The van der Waals surface area contributed by atoms with Crippen LogP contribution in [0.2, 0.25) is 0 Å². The molecular formula is C20H20N2O5. The van der Waals surface area contributed by atoms with Gasteiger partial charge in [0.05, 0.1) is 10.9 Å². The van der Waals surface area contributed by atoms with Crippen LogP contribution in [0.3, 0.4) is 0 Å². The largest absolute Gasteiger partial charge is 0.547 e. The van der Waals surface area contributed by atoms with E-state index in [1.165, 1.54) is 12.1 Å². The lowest BCUT2D eigenvalue weighted by Crippen LogP contribution is -2.51. The van der Waals surface area contributed by atoms with E-state index in [1.54, 1.807) is 30.3 Å². The van der Waals surface area contributed by atoms with Crippen LogP contribution in [0.25, 0.3) is 10.8 Å². The normalized spacial score (nSPS) is 12.6. The highest BCUT2D eigenvalue weighted by Crippen LogP contribution is 2.20. The highest BCUT2D eigenvalue weighted by Gasteiger charge is 2.08. The number of non-ortho nitro benzene ring substituents is 1. The maximum atomic E-state index is 10.5. The van der Waals surface area contributed by atoms with Crippen molar-refractivity contribution in [3.63, 3.8) is 0 Å². The summed E-state index contributed by atoms with van der Waals surface area (Å²) in [6.07, 6.45) is -1.56. The fraction of sp³-hybridized carbons (Fsp3) is 0.150. The summed E-state index contributed by atoms with van der Waals surface area (Å²) in [5.74, 6) is -1.48. The van der Waals surface area contributed by atoms with Crippen molar-refractivity contribution in [2.24, 2.45) is 0 Å². The van der Waals surface area contributed by atoms with Crippen LogP contribution in [0, 0.1) is 10.1 Å². The molecule has 0 aliphatic carbocycles. The Labute approximate surface area is 155 Å². The Morgan fingerprint density at radius 1 is 1.00 bits per heavy atom. The predicted octanol–water partition coefficient (Wildman–Crippen LogP) is 1.52. The Hall–Kier alpha value is -3.29. The molecule has 0 saturated heterocycles. The van der Waals surface area contributed by atoms with Crippen molar-refractivity contribution in [3.8, 4) is 0 Å². The summed E-state index contributed by atoms with van der Waals surface area (Å²) in [4.78, 5) is 20.3.